The number of rotatable bonds is 3. The van der Waals surface area contributed by atoms with Gasteiger partial charge in [0.05, 0.1) is 0 Å². The summed E-state index contributed by atoms with van der Waals surface area (Å²) >= 11 is 0. The summed E-state index contributed by atoms with van der Waals surface area (Å²) in [4.78, 5) is 0. The van der Waals surface area contributed by atoms with Gasteiger partial charge in [0.1, 0.15) is 0 Å². The molecule has 0 aromatic carbocycles. The van der Waals surface area contributed by atoms with Gasteiger partial charge in [-0.3, -0.25) is 0 Å². The summed E-state index contributed by atoms with van der Waals surface area (Å²) in [7, 11) is 0. The Labute approximate surface area is 86.1 Å². The Morgan fingerprint density at radius 3 is 2.79 bits per heavy atom. The summed E-state index contributed by atoms with van der Waals surface area (Å²) in [6, 6.07) is 2.97. The van der Waals surface area contributed by atoms with E-state index in [2.05, 4.69) is 23.0 Å². The van der Waals surface area contributed by atoms with Gasteiger partial charge < -0.3 is 10.3 Å². The van der Waals surface area contributed by atoms with Crippen molar-refractivity contribution >= 4 is 0 Å². The van der Waals surface area contributed by atoms with Crippen LogP contribution in [0.15, 0.2) is 18.5 Å². The van der Waals surface area contributed by atoms with Crippen LogP contribution in [0.1, 0.15) is 43.7 Å². The van der Waals surface area contributed by atoms with Crippen LogP contribution >= 0.6 is 0 Å². The minimum atomic E-state index is 0.759. The maximum absolute atomic E-state index is 5.54. The summed E-state index contributed by atoms with van der Waals surface area (Å²) in [6.07, 6.45) is 12.5. The topological polar surface area (TPSA) is 30.9 Å². The van der Waals surface area contributed by atoms with Crippen LogP contribution < -0.4 is 5.73 Å². The van der Waals surface area contributed by atoms with Crippen molar-refractivity contribution in [3.8, 4) is 0 Å². The zero-order valence-electron chi connectivity index (χ0n) is 8.78. The third-order valence-electron chi connectivity index (χ3n) is 3.20. The van der Waals surface area contributed by atoms with Gasteiger partial charge in [0.2, 0.25) is 0 Å². The average molecular weight is 192 g/mol. The maximum atomic E-state index is 5.54. The van der Waals surface area contributed by atoms with E-state index in [1.54, 1.807) is 0 Å². The fourth-order valence-electron chi connectivity index (χ4n) is 2.38. The molecule has 0 amide bonds. The van der Waals surface area contributed by atoms with Gasteiger partial charge in [-0.15, -0.1) is 0 Å². The zero-order valence-corrected chi connectivity index (χ0v) is 8.78. The second-order valence-electron chi connectivity index (χ2n) is 4.30. The van der Waals surface area contributed by atoms with Gasteiger partial charge >= 0.3 is 0 Å². The van der Waals surface area contributed by atoms with Crippen molar-refractivity contribution in [1.29, 1.82) is 0 Å². The Morgan fingerprint density at radius 1 is 1.29 bits per heavy atom. The molecule has 0 bridgehead atoms. The Kier molecular flexibility index (Phi) is 3.25. The molecule has 2 nitrogen and oxygen atoms in total. The largest absolute Gasteiger partial charge is 0.351 e. The van der Waals surface area contributed by atoms with Gasteiger partial charge in [-0.2, -0.15) is 0 Å². The molecule has 0 unspecified atom stereocenters. The summed E-state index contributed by atoms with van der Waals surface area (Å²) in [5.74, 6) is 0. The molecule has 14 heavy (non-hydrogen) atoms. The predicted octanol–water partition coefficient (Wildman–Crippen LogP) is 2.49. The van der Waals surface area contributed by atoms with Gasteiger partial charge in [-0.25, -0.2) is 0 Å². The molecule has 1 aromatic rings. The monoisotopic (exact) mass is 192 g/mol. The molecular weight excluding hydrogens is 172 g/mol. The fraction of sp³-hybridized carbons (Fsp3) is 0.667. The molecule has 2 rings (SSSR count). The Morgan fingerprint density at radius 2 is 2.07 bits per heavy atom. The lowest BCUT2D eigenvalue weighted by Crippen LogP contribution is -2.11. The first-order valence-corrected chi connectivity index (χ1v) is 5.76. The summed E-state index contributed by atoms with van der Waals surface area (Å²) in [5, 5.41) is 0. The quantitative estimate of drug-likeness (QED) is 0.783. The number of aromatic nitrogens is 1. The van der Waals surface area contributed by atoms with Gasteiger partial charge in [0.25, 0.3) is 0 Å². The molecule has 2 N–H and O–H groups in total. The van der Waals surface area contributed by atoms with E-state index in [0.29, 0.717) is 0 Å². The average Bonchev–Trinajstić information content (AvgIpc) is 2.68. The number of nitrogens with zero attached hydrogens (tertiary/aromatic N) is 1. The van der Waals surface area contributed by atoms with Crippen molar-refractivity contribution in [1.82, 2.24) is 4.57 Å². The lowest BCUT2D eigenvalue weighted by molar-refractivity contribution is 0.354. The van der Waals surface area contributed by atoms with E-state index in [1.807, 2.05) is 0 Å². The van der Waals surface area contributed by atoms with E-state index in [1.165, 1.54) is 37.7 Å². The van der Waals surface area contributed by atoms with Crippen molar-refractivity contribution in [2.75, 3.05) is 6.54 Å². The predicted molar refractivity (Wildman–Crippen MR) is 59.3 cm³/mol. The highest BCUT2D eigenvalue weighted by atomic mass is 15.0. The van der Waals surface area contributed by atoms with Crippen LogP contribution in [0.2, 0.25) is 0 Å². The van der Waals surface area contributed by atoms with E-state index in [9.17, 15) is 0 Å². The lowest BCUT2D eigenvalue weighted by Gasteiger charge is -2.23. The van der Waals surface area contributed by atoms with Crippen molar-refractivity contribution in [3.05, 3.63) is 24.0 Å². The Balaban J connectivity index is 2.00. The molecule has 1 saturated carbocycles. The second-order valence-corrected chi connectivity index (χ2v) is 4.30. The summed E-state index contributed by atoms with van der Waals surface area (Å²) in [6.45, 7) is 0.759. The number of hydrogen-bond acceptors (Lipinski definition) is 1. The molecule has 1 aromatic heterocycles. The zero-order chi connectivity index (χ0) is 9.80. The standard InChI is InChI=1S/C12H20N2/c13-8-6-11-7-9-14(10-11)12-4-2-1-3-5-12/h7,9-10,12H,1-6,8,13H2. The van der Waals surface area contributed by atoms with Crippen molar-refractivity contribution in [2.24, 2.45) is 5.73 Å². The molecule has 2 heteroatoms. The Hall–Kier alpha value is -0.760. The lowest BCUT2D eigenvalue weighted by atomic mass is 9.95. The molecule has 1 aliphatic carbocycles. The van der Waals surface area contributed by atoms with Crippen LogP contribution in [0.3, 0.4) is 0 Å². The molecule has 0 saturated heterocycles. The molecule has 1 heterocycles. The Bertz CT molecular complexity index is 272. The fourth-order valence-corrected chi connectivity index (χ4v) is 2.38. The van der Waals surface area contributed by atoms with E-state index in [-0.39, 0.29) is 0 Å². The van der Waals surface area contributed by atoms with Gasteiger partial charge in [-0.1, -0.05) is 19.3 Å². The molecular formula is C12H20N2. The first kappa shape index (κ1) is 9.78. The minimum Gasteiger partial charge on any atom is -0.351 e. The SMILES string of the molecule is NCCc1ccn(C2CCCCC2)c1. The number of nitrogens with two attached hydrogens (primary N) is 1. The van der Waals surface area contributed by atoms with E-state index < -0.39 is 0 Å². The van der Waals surface area contributed by atoms with E-state index in [4.69, 9.17) is 5.73 Å². The third kappa shape index (κ3) is 2.18. The molecule has 1 aliphatic rings. The van der Waals surface area contributed by atoms with Crippen LogP contribution in [0.5, 0.6) is 0 Å². The second kappa shape index (κ2) is 4.65. The van der Waals surface area contributed by atoms with Crippen LogP contribution in [-0.4, -0.2) is 11.1 Å². The van der Waals surface area contributed by atoms with E-state index >= 15 is 0 Å². The van der Waals surface area contributed by atoms with Crippen LogP contribution in [0, 0.1) is 0 Å². The van der Waals surface area contributed by atoms with Crippen LogP contribution in [0.25, 0.3) is 0 Å². The van der Waals surface area contributed by atoms with Gasteiger partial charge in [-0.05, 0) is 37.4 Å². The minimum absolute atomic E-state index is 0.759. The molecule has 0 aliphatic heterocycles. The summed E-state index contributed by atoms with van der Waals surface area (Å²) < 4.78 is 2.39. The maximum Gasteiger partial charge on any atom is 0.0330 e. The van der Waals surface area contributed by atoms with Gasteiger partial charge in [0.15, 0.2) is 0 Å². The third-order valence-corrected chi connectivity index (χ3v) is 3.20. The van der Waals surface area contributed by atoms with E-state index in [0.717, 1.165) is 19.0 Å². The normalized spacial score (nSPS) is 18.6. The molecule has 78 valence electrons. The van der Waals surface area contributed by atoms with Crippen LogP contribution in [0.4, 0.5) is 0 Å². The van der Waals surface area contributed by atoms with Crippen LogP contribution in [-0.2, 0) is 6.42 Å². The molecule has 0 spiro atoms. The highest BCUT2D eigenvalue weighted by Gasteiger charge is 2.14. The highest BCUT2D eigenvalue weighted by molar-refractivity contribution is 5.11. The summed E-state index contributed by atoms with van der Waals surface area (Å²) in [5.41, 5.74) is 6.93. The van der Waals surface area contributed by atoms with Crippen molar-refractivity contribution < 1.29 is 0 Å². The van der Waals surface area contributed by atoms with Gasteiger partial charge in [0, 0.05) is 18.4 Å². The first-order chi connectivity index (χ1) is 6.90. The molecule has 0 atom stereocenters. The highest BCUT2D eigenvalue weighted by Crippen LogP contribution is 2.28. The molecule has 0 radical (unpaired) electrons. The molecule has 1 fully saturated rings. The van der Waals surface area contributed by atoms with Crippen molar-refractivity contribution in [2.45, 2.75) is 44.6 Å². The van der Waals surface area contributed by atoms with Crippen molar-refractivity contribution in [3.63, 3.8) is 0 Å². The number of hydrogen-bond donors (Lipinski definition) is 1. The smallest absolute Gasteiger partial charge is 0.0330 e. The first-order valence-electron chi connectivity index (χ1n) is 5.76.